The Morgan fingerprint density at radius 3 is 2.52 bits per heavy atom. The molecule has 2 aromatic heterocycles. The van der Waals surface area contributed by atoms with E-state index >= 15 is 0 Å². The van der Waals surface area contributed by atoms with Crippen LogP contribution in [0.25, 0.3) is 27.8 Å². The highest BCUT2D eigenvalue weighted by Crippen LogP contribution is 2.32. The number of aromatic amines is 1. The Hall–Kier alpha value is -3.34. The quantitative estimate of drug-likeness (QED) is 0.623. The van der Waals surface area contributed by atoms with Crippen molar-refractivity contribution < 1.29 is 4.74 Å². The maximum Gasteiger partial charge on any atom is 0.281 e. The zero-order chi connectivity index (χ0) is 17.4. The van der Waals surface area contributed by atoms with Gasteiger partial charge in [0.25, 0.3) is 5.56 Å². The van der Waals surface area contributed by atoms with Crippen LogP contribution in [-0.2, 0) is 0 Å². The molecule has 2 aromatic carbocycles. The van der Waals surface area contributed by atoms with E-state index in [2.05, 4.69) is 10.1 Å². The van der Waals surface area contributed by atoms with Gasteiger partial charge in [0.2, 0.25) is 0 Å². The normalized spacial score (nSPS) is 11.0. The zero-order valence-corrected chi connectivity index (χ0v) is 14.0. The van der Waals surface area contributed by atoms with Crippen LogP contribution in [0.3, 0.4) is 0 Å². The maximum atomic E-state index is 13.1. The number of rotatable bonds is 3. The zero-order valence-electron chi connectivity index (χ0n) is 14.0. The Bertz CT molecular complexity index is 1110. The number of pyridine rings is 1. The van der Waals surface area contributed by atoms with Crippen molar-refractivity contribution in [2.24, 2.45) is 0 Å². The molecule has 0 amide bonds. The van der Waals surface area contributed by atoms with Gasteiger partial charge in [-0.15, -0.1) is 0 Å². The van der Waals surface area contributed by atoms with Gasteiger partial charge in [0, 0.05) is 17.3 Å². The number of hydrogen-bond donors (Lipinski definition) is 1. The van der Waals surface area contributed by atoms with Crippen molar-refractivity contribution in [3.63, 3.8) is 0 Å². The van der Waals surface area contributed by atoms with E-state index in [4.69, 9.17) is 4.74 Å². The third kappa shape index (κ3) is 2.50. The largest absolute Gasteiger partial charge is 0.496 e. The summed E-state index contributed by atoms with van der Waals surface area (Å²) < 4.78 is 6.98. The van der Waals surface area contributed by atoms with E-state index in [9.17, 15) is 4.79 Å². The number of ether oxygens (including phenoxy) is 1. The topological polar surface area (TPSA) is 59.9 Å². The van der Waals surface area contributed by atoms with Crippen molar-refractivity contribution in [1.82, 2.24) is 14.8 Å². The standard InChI is InChI=1S/C20H17N3O2/c1-13-7-9-14(10-8-13)23-20(24)18-16(11-12-21-19(18)22-23)15-5-3-4-6-17(15)25-2/h3-12H,1-2H3,(H,21,22). The fourth-order valence-corrected chi connectivity index (χ4v) is 3.00. The summed E-state index contributed by atoms with van der Waals surface area (Å²) in [6.45, 7) is 2.01. The second kappa shape index (κ2) is 5.94. The van der Waals surface area contributed by atoms with Gasteiger partial charge in [-0.1, -0.05) is 35.9 Å². The second-order valence-electron chi connectivity index (χ2n) is 5.87. The molecule has 25 heavy (non-hydrogen) atoms. The number of nitrogens with zero attached hydrogens (tertiary/aromatic N) is 2. The minimum absolute atomic E-state index is 0.132. The molecule has 4 rings (SSSR count). The number of H-pyrrole nitrogens is 1. The Kier molecular flexibility index (Phi) is 3.61. The van der Waals surface area contributed by atoms with E-state index in [0.717, 1.165) is 28.1 Å². The molecule has 0 bridgehead atoms. The summed E-state index contributed by atoms with van der Waals surface area (Å²) in [5, 5.41) is 3.65. The Labute approximate surface area is 144 Å². The number of benzene rings is 2. The van der Waals surface area contributed by atoms with Gasteiger partial charge in [-0.25, -0.2) is 9.67 Å². The molecule has 0 saturated heterocycles. The molecule has 5 nitrogen and oxygen atoms in total. The lowest BCUT2D eigenvalue weighted by Gasteiger charge is -2.08. The van der Waals surface area contributed by atoms with Crippen molar-refractivity contribution >= 4 is 11.0 Å². The van der Waals surface area contributed by atoms with E-state index in [-0.39, 0.29) is 5.56 Å². The Morgan fingerprint density at radius 2 is 1.76 bits per heavy atom. The van der Waals surface area contributed by atoms with E-state index in [1.165, 1.54) is 4.68 Å². The average Bonchev–Trinajstić information content (AvgIpc) is 2.99. The van der Waals surface area contributed by atoms with Crippen LogP contribution < -0.4 is 10.3 Å². The van der Waals surface area contributed by atoms with E-state index in [1.54, 1.807) is 13.3 Å². The molecule has 0 aliphatic carbocycles. The number of fused-ring (bicyclic) bond motifs is 1. The molecule has 1 N–H and O–H groups in total. The number of hydrogen-bond acceptors (Lipinski definition) is 3. The number of aromatic nitrogens is 3. The molecule has 2 heterocycles. The van der Waals surface area contributed by atoms with E-state index in [0.29, 0.717) is 11.0 Å². The molecular formula is C20H17N3O2. The molecule has 0 fully saturated rings. The van der Waals surface area contributed by atoms with Crippen LogP contribution >= 0.6 is 0 Å². The van der Waals surface area contributed by atoms with Gasteiger partial charge in [0.05, 0.1) is 18.2 Å². The molecule has 5 heteroatoms. The van der Waals surface area contributed by atoms with Crippen LogP contribution in [0.4, 0.5) is 0 Å². The second-order valence-corrected chi connectivity index (χ2v) is 5.87. The molecule has 4 aromatic rings. The van der Waals surface area contributed by atoms with Crippen LogP contribution in [-0.4, -0.2) is 21.9 Å². The first-order valence-electron chi connectivity index (χ1n) is 7.99. The van der Waals surface area contributed by atoms with Gasteiger partial charge in [0.1, 0.15) is 5.75 Å². The van der Waals surface area contributed by atoms with Crippen molar-refractivity contribution in [3.05, 3.63) is 76.7 Å². The molecule has 0 spiro atoms. The van der Waals surface area contributed by atoms with Gasteiger partial charge in [-0.3, -0.25) is 9.89 Å². The molecule has 0 unspecified atom stereocenters. The van der Waals surface area contributed by atoms with Crippen LogP contribution in [0.15, 0.2) is 65.6 Å². The average molecular weight is 331 g/mol. The van der Waals surface area contributed by atoms with E-state index < -0.39 is 0 Å². The minimum Gasteiger partial charge on any atom is -0.496 e. The van der Waals surface area contributed by atoms with E-state index in [1.807, 2.05) is 61.5 Å². The highest BCUT2D eigenvalue weighted by molar-refractivity contribution is 5.94. The van der Waals surface area contributed by atoms with Gasteiger partial charge >= 0.3 is 0 Å². The van der Waals surface area contributed by atoms with Gasteiger partial charge < -0.3 is 4.74 Å². The number of para-hydroxylation sites is 1. The van der Waals surface area contributed by atoms with Crippen molar-refractivity contribution in [2.75, 3.05) is 7.11 Å². The van der Waals surface area contributed by atoms with Crippen molar-refractivity contribution in [3.8, 4) is 22.6 Å². The summed E-state index contributed by atoms with van der Waals surface area (Å²) >= 11 is 0. The van der Waals surface area contributed by atoms with Gasteiger partial charge in [-0.2, -0.15) is 0 Å². The first-order chi connectivity index (χ1) is 12.2. The Morgan fingerprint density at radius 1 is 1.00 bits per heavy atom. The summed E-state index contributed by atoms with van der Waals surface area (Å²) in [4.78, 5) is 17.4. The third-order valence-corrected chi connectivity index (χ3v) is 4.27. The fourth-order valence-electron chi connectivity index (χ4n) is 3.00. The predicted molar refractivity (Wildman–Crippen MR) is 98.4 cm³/mol. The summed E-state index contributed by atoms with van der Waals surface area (Å²) in [7, 11) is 1.62. The third-order valence-electron chi connectivity index (χ3n) is 4.27. The molecule has 0 aliphatic rings. The summed E-state index contributed by atoms with van der Waals surface area (Å²) in [6, 6.07) is 17.3. The Balaban J connectivity index is 1.99. The molecule has 0 saturated carbocycles. The lowest BCUT2D eigenvalue weighted by molar-refractivity contribution is 0.416. The molecule has 0 aliphatic heterocycles. The molecule has 0 radical (unpaired) electrons. The SMILES string of the molecule is COc1ccccc1-c1ccnc2[nH]n(-c3ccc(C)cc3)c(=O)c12. The highest BCUT2D eigenvalue weighted by atomic mass is 16.5. The van der Waals surface area contributed by atoms with Gasteiger partial charge in [0.15, 0.2) is 5.65 Å². The predicted octanol–water partition coefficient (Wildman–Crippen LogP) is 3.70. The smallest absolute Gasteiger partial charge is 0.281 e. The van der Waals surface area contributed by atoms with Crippen LogP contribution in [0.5, 0.6) is 5.75 Å². The fraction of sp³-hybridized carbons (Fsp3) is 0.100. The van der Waals surface area contributed by atoms with Gasteiger partial charge in [-0.05, 0) is 31.2 Å². The summed E-state index contributed by atoms with van der Waals surface area (Å²) in [5.74, 6) is 0.720. The summed E-state index contributed by atoms with van der Waals surface area (Å²) in [6.07, 6.45) is 1.69. The first-order valence-corrected chi connectivity index (χ1v) is 7.99. The van der Waals surface area contributed by atoms with Crippen LogP contribution in [0.1, 0.15) is 5.56 Å². The number of methoxy groups -OCH3 is 1. The lowest BCUT2D eigenvalue weighted by Crippen LogP contribution is -2.14. The van der Waals surface area contributed by atoms with Crippen LogP contribution in [0, 0.1) is 6.92 Å². The lowest BCUT2D eigenvalue weighted by atomic mass is 10.0. The van der Waals surface area contributed by atoms with Crippen molar-refractivity contribution in [1.29, 1.82) is 0 Å². The number of nitrogens with one attached hydrogen (secondary N) is 1. The molecule has 0 atom stereocenters. The maximum absolute atomic E-state index is 13.1. The molecular weight excluding hydrogens is 314 g/mol. The first kappa shape index (κ1) is 15.2. The monoisotopic (exact) mass is 331 g/mol. The molecule has 124 valence electrons. The highest BCUT2D eigenvalue weighted by Gasteiger charge is 2.16. The number of aryl methyl sites for hydroxylation is 1. The van der Waals surface area contributed by atoms with Crippen LogP contribution in [0.2, 0.25) is 0 Å². The van der Waals surface area contributed by atoms with Crippen molar-refractivity contribution in [2.45, 2.75) is 6.92 Å². The summed E-state index contributed by atoms with van der Waals surface area (Å²) in [5.41, 5.74) is 4.00. The minimum atomic E-state index is -0.132.